The highest BCUT2D eigenvalue weighted by atomic mass is 32.1. The van der Waals surface area contributed by atoms with Crippen LogP contribution in [-0.2, 0) is 19.1 Å². The Morgan fingerprint density at radius 1 is 1.07 bits per heavy atom. The fourth-order valence-corrected chi connectivity index (χ4v) is 8.33. The maximum absolute atomic E-state index is 14.6. The number of pyridine rings is 1. The van der Waals surface area contributed by atoms with Gasteiger partial charge in [0.05, 0.1) is 24.9 Å². The number of likely N-dealkylation sites (tertiary alicyclic amines) is 1. The molecule has 1 aliphatic heterocycles. The number of fused-ring (bicyclic) bond motifs is 1. The Morgan fingerprint density at radius 2 is 1.80 bits per heavy atom. The standard InChI is InChI=1S/C40H52N6O8S/c1-9-23-18-40(23,36(49)50)45-34(47)30-15-25(19-46(30)35(48)33(39(5,6)7)44-38(51)54-24-12-10-11-13-24)53-32-17-28(29-20-55-37(43-29)41-21(2)3)42-27-14-22(4)31(52-8)16-26(27)32/h9,14,16-17,20-21,23-25,30,33H,1,10-13,15,18-19H2,2-8H3,(H,41,43)(H,44,51)(H,45,47)(H,49,50)/t23-,25-,30+,33-,40-/m1/s1. The maximum atomic E-state index is 14.6. The molecule has 4 N–H and O–H groups in total. The number of alkyl carbamates (subject to hydrolysis) is 1. The summed E-state index contributed by atoms with van der Waals surface area (Å²) in [5.41, 5.74) is 0.449. The normalized spacial score (nSPS) is 23.0. The molecule has 2 aliphatic carbocycles. The van der Waals surface area contributed by atoms with Crippen LogP contribution in [0.3, 0.4) is 0 Å². The van der Waals surface area contributed by atoms with E-state index in [2.05, 4.69) is 22.5 Å². The third kappa shape index (κ3) is 8.51. The van der Waals surface area contributed by atoms with Crippen molar-refractivity contribution in [3.8, 4) is 22.9 Å². The number of carboxylic acids is 1. The zero-order chi connectivity index (χ0) is 39.8. The van der Waals surface area contributed by atoms with Gasteiger partial charge in [0, 0.05) is 35.2 Å². The largest absolute Gasteiger partial charge is 0.496 e. The number of carboxylic acid groups (broad SMARTS) is 1. The molecule has 2 saturated carbocycles. The van der Waals surface area contributed by atoms with Crippen molar-refractivity contribution in [2.45, 2.75) is 116 Å². The predicted octanol–water partition coefficient (Wildman–Crippen LogP) is 6.07. The number of carbonyl (C=O) groups excluding carboxylic acids is 3. The summed E-state index contributed by atoms with van der Waals surface area (Å²) >= 11 is 1.47. The minimum Gasteiger partial charge on any atom is -0.496 e. The van der Waals surface area contributed by atoms with Crippen LogP contribution in [0.4, 0.5) is 9.93 Å². The lowest BCUT2D eigenvalue weighted by Gasteiger charge is -2.35. The summed E-state index contributed by atoms with van der Waals surface area (Å²) in [6, 6.07) is 3.57. The van der Waals surface area contributed by atoms with Gasteiger partial charge in [0.1, 0.15) is 47.0 Å². The van der Waals surface area contributed by atoms with E-state index in [0.717, 1.165) is 36.4 Å². The SMILES string of the molecule is C=C[C@@H]1C[C@]1(NC(=O)[C@@H]1C[C@@H](Oc2cc(-c3csc(NC(C)C)n3)nc3cc(C)c(OC)cc23)CN1C(=O)[C@@H](NC(=O)OC1CCCC1)C(C)(C)C)C(=O)O. The summed E-state index contributed by atoms with van der Waals surface area (Å²) in [4.78, 5) is 65.3. The third-order valence-corrected chi connectivity index (χ3v) is 11.4. The van der Waals surface area contributed by atoms with Gasteiger partial charge in [0.15, 0.2) is 5.13 Å². The minimum absolute atomic E-state index is 0.0187. The number of rotatable bonds is 13. The van der Waals surface area contributed by atoms with E-state index in [1.165, 1.54) is 22.3 Å². The Morgan fingerprint density at radius 3 is 2.42 bits per heavy atom. The van der Waals surface area contributed by atoms with Crippen LogP contribution in [0.15, 0.2) is 36.2 Å². The van der Waals surface area contributed by atoms with Gasteiger partial charge in [-0.15, -0.1) is 17.9 Å². The molecule has 1 aromatic carbocycles. The van der Waals surface area contributed by atoms with Crippen LogP contribution in [0.25, 0.3) is 22.3 Å². The van der Waals surface area contributed by atoms with Gasteiger partial charge in [0.2, 0.25) is 11.8 Å². The van der Waals surface area contributed by atoms with Crippen LogP contribution >= 0.6 is 11.3 Å². The number of hydrogen-bond acceptors (Lipinski definition) is 11. The molecule has 6 rings (SSSR count). The van der Waals surface area contributed by atoms with E-state index < -0.39 is 58.9 Å². The highest BCUT2D eigenvalue weighted by Crippen LogP contribution is 2.45. The number of aryl methyl sites for hydroxylation is 1. The molecule has 0 bridgehead atoms. The van der Waals surface area contributed by atoms with Gasteiger partial charge in [-0.25, -0.2) is 19.6 Å². The van der Waals surface area contributed by atoms with Crippen molar-refractivity contribution < 1.29 is 38.5 Å². The van der Waals surface area contributed by atoms with Crippen molar-refractivity contribution in [2.24, 2.45) is 11.3 Å². The van der Waals surface area contributed by atoms with E-state index in [0.29, 0.717) is 33.8 Å². The van der Waals surface area contributed by atoms with Gasteiger partial charge >= 0.3 is 12.1 Å². The summed E-state index contributed by atoms with van der Waals surface area (Å²) in [7, 11) is 1.59. The summed E-state index contributed by atoms with van der Waals surface area (Å²) in [5, 5.41) is 22.3. The first kappa shape index (κ1) is 39.8. The number of carbonyl (C=O) groups is 4. The Kier molecular flexibility index (Phi) is 11.3. The summed E-state index contributed by atoms with van der Waals surface area (Å²) < 4.78 is 18.0. The molecule has 3 amide bonds. The van der Waals surface area contributed by atoms with E-state index in [1.807, 2.05) is 59.1 Å². The molecule has 1 saturated heterocycles. The molecule has 55 heavy (non-hydrogen) atoms. The zero-order valence-electron chi connectivity index (χ0n) is 32.6. The van der Waals surface area contributed by atoms with Crippen LogP contribution < -0.4 is 25.4 Å². The molecule has 14 nitrogen and oxygen atoms in total. The number of hydrogen-bond donors (Lipinski definition) is 4. The van der Waals surface area contributed by atoms with E-state index >= 15 is 0 Å². The van der Waals surface area contributed by atoms with Gasteiger partial charge in [0.25, 0.3) is 0 Å². The smallest absolute Gasteiger partial charge is 0.408 e. The number of benzene rings is 1. The molecule has 3 aromatic rings. The Balaban J connectivity index is 1.34. The lowest BCUT2D eigenvalue weighted by atomic mass is 9.85. The Hall–Kier alpha value is -4.92. The van der Waals surface area contributed by atoms with Crippen molar-refractivity contribution >= 4 is 51.2 Å². The number of nitrogens with zero attached hydrogens (tertiary/aromatic N) is 3. The van der Waals surface area contributed by atoms with Crippen molar-refractivity contribution in [2.75, 3.05) is 19.0 Å². The molecular formula is C40H52N6O8S. The second-order valence-corrected chi connectivity index (χ2v) is 17.1. The molecule has 3 fully saturated rings. The summed E-state index contributed by atoms with van der Waals surface area (Å²) in [6.07, 6.45) is 3.61. The van der Waals surface area contributed by atoms with Crippen LogP contribution in [0, 0.1) is 18.3 Å². The first-order chi connectivity index (χ1) is 26.0. The first-order valence-electron chi connectivity index (χ1n) is 18.9. The van der Waals surface area contributed by atoms with Gasteiger partial charge < -0.3 is 40.2 Å². The number of nitrogens with one attached hydrogen (secondary N) is 3. The molecular weight excluding hydrogens is 725 g/mol. The summed E-state index contributed by atoms with van der Waals surface area (Å²) in [5.74, 6) is -1.68. The van der Waals surface area contributed by atoms with E-state index in [1.54, 1.807) is 13.2 Å². The average Bonchev–Trinajstić information content (AvgIpc) is 3.52. The van der Waals surface area contributed by atoms with E-state index in [4.69, 9.17) is 24.2 Å². The number of aliphatic carboxylic acids is 1. The molecule has 3 heterocycles. The fourth-order valence-electron chi connectivity index (χ4n) is 7.48. The summed E-state index contributed by atoms with van der Waals surface area (Å²) in [6.45, 7) is 15.2. The second-order valence-electron chi connectivity index (χ2n) is 16.2. The van der Waals surface area contributed by atoms with Crippen LogP contribution in [0.2, 0.25) is 0 Å². The number of thiazole rings is 1. The van der Waals surface area contributed by atoms with Crippen LogP contribution in [-0.4, -0.2) is 93.4 Å². The molecule has 0 radical (unpaired) electrons. The Labute approximate surface area is 325 Å². The van der Waals surface area contributed by atoms with Crippen LogP contribution in [0.1, 0.15) is 78.7 Å². The maximum Gasteiger partial charge on any atom is 0.408 e. The zero-order valence-corrected chi connectivity index (χ0v) is 33.4. The molecule has 15 heteroatoms. The molecule has 0 unspecified atom stereocenters. The van der Waals surface area contributed by atoms with Gasteiger partial charge in [-0.3, -0.25) is 9.59 Å². The van der Waals surface area contributed by atoms with E-state index in [-0.39, 0.29) is 31.5 Å². The lowest BCUT2D eigenvalue weighted by molar-refractivity contribution is -0.146. The van der Waals surface area contributed by atoms with Gasteiger partial charge in [-0.2, -0.15) is 0 Å². The predicted molar refractivity (Wildman–Crippen MR) is 209 cm³/mol. The van der Waals surface area contributed by atoms with Crippen molar-refractivity contribution in [1.29, 1.82) is 0 Å². The van der Waals surface area contributed by atoms with Gasteiger partial charge in [-0.1, -0.05) is 26.8 Å². The number of aromatic nitrogens is 2. The minimum atomic E-state index is -1.51. The number of anilines is 1. The molecule has 296 valence electrons. The third-order valence-electron chi connectivity index (χ3n) is 10.6. The number of methoxy groups -OCH3 is 1. The van der Waals surface area contributed by atoms with Gasteiger partial charge in [-0.05, 0) is 76.0 Å². The molecule has 3 aliphatic rings. The van der Waals surface area contributed by atoms with Crippen molar-refractivity contribution in [3.63, 3.8) is 0 Å². The van der Waals surface area contributed by atoms with E-state index in [9.17, 15) is 24.3 Å². The first-order valence-corrected chi connectivity index (χ1v) is 19.7. The monoisotopic (exact) mass is 776 g/mol. The molecule has 2 aromatic heterocycles. The van der Waals surface area contributed by atoms with Crippen LogP contribution in [0.5, 0.6) is 11.5 Å². The van der Waals surface area contributed by atoms with Crippen molar-refractivity contribution in [1.82, 2.24) is 25.5 Å². The average molecular weight is 777 g/mol. The number of ether oxygens (including phenoxy) is 3. The highest BCUT2D eigenvalue weighted by molar-refractivity contribution is 7.14. The van der Waals surface area contributed by atoms with Crippen molar-refractivity contribution in [3.05, 3.63) is 41.8 Å². The Bertz CT molecular complexity index is 1970. The molecule has 5 atom stereocenters. The topological polar surface area (TPSA) is 181 Å². The number of amides is 3. The second kappa shape index (κ2) is 15.7. The fraction of sp³-hybridized carbons (Fsp3) is 0.550. The quantitative estimate of drug-likeness (QED) is 0.148. The molecule has 0 spiro atoms. The lowest BCUT2D eigenvalue weighted by Crippen LogP contribution is -2.59. The highest BCUT2D eigenvalue weighted by Gasteiger charge is 2.61.